The number of benzene rings is 3. The Hall–Kier alpha value is -4.92. The maximum atomic E-state index is 13.2. The summed E-state index contributed by atoms with van der Waals surface area (Å²) < 4.78 is 39.9. The molecule has 1 aliphatic rings. The summed E-state index contributed by atoms with van der Waals surface area (Å²) in [5.74, 6) is -0.676. The first-order chi connectivity index (χ1) is 23.7. The van der Waals surface area contributed by atoms with Gasteiger partial charge in [-0.3, -0.25) is 4.79 Å². The summed E-state index contributed by atoms with van der Waals surface area (Å²) in [5, 5.41) is 0. The molecule has 0 bridgehead atoms. The molecule has 0 saturated heterocycles. The van der Waals surface area contributed by atoms with Gasteiger partial charge in [0.05, 0.1) is 31.6 Å². The number of aryl methyl sites for hydroxylation is 1. The Bertz CT molecular complexity index is 1650. The van der Waals surface area contributed by atoms with Gasteiger partial charge in [0.1, 0.15) is 17.2 Å². The number of hydrogen-bond donors (Lipinski definition) is 0. The molecule has 0 spiro atoms. The molecule has 0 aliphatic heterocycles. The zero-order chi connectivity index (χ0) is 35.2. The lowest BCUT2D eigenvalue weighted by Gasteiger charge is -2.13. The lowest BCUT2D eigenvalue weighted by Crippen LogP contribution is -2.10. The summed E-state index contributed by atoms with van der Waals surface area (Å²) in [6, 6.07) is 17.2. The molecule has 4 rings (SSSR count). The van der Waals surface area contributed by atoms with Crippen LogP contribution in [0.3, 0.4) is 0 Å². The van der Waals surface area contributed by atoms with Gasteiger partial charge in [-0.2, -0.15) is 4.39 Å². The van der Waals surface area contributed by atoms with Gasteiger partial charge in [0.25, 0.3) is 0 Å². The zero-order valence-electron chi connectivity index (χ0n) is 28.4. The second-order valence-corrected chi connectivity index (χ2v) is 11.9. The average molecular weight is 673 g/mol. The van der Waals surface area contributed by atoms with Crippen molar-refractivity contribution in [2.24, 2.45) is 0 Å². The molecule has 0 N–H and O–H groups in total. The van der Waals surface area contributed by atoms with Crippen LogP contribution in [0.15, 0.2) is 79.8 Å². The molecule has 3 aromatic rings. The van der Waals surface area contributed by atoms with Gasteiger partial charge >= 0.3 is 17.9 Å². The summed E-state index contributed by atoms with van der Waals surface area (Å²) in [4.78, 5) is 35.6. The van der Waals surface area contributed by atoms with Crippen molar-refractivity contribution >= 4 is 17.9 Å². The van der Waals surface area contributed by atoms with E-state index in [0.717, 1.165) is 84.1 Å². The molecule has 0 saturated carbocycles. The monoisotopic (exact) mass is 672 g/mol. The van der Waals surface area contributed by atoms with Crippen LogP contribution in [0.1, 0.15) is 98.2 Å². The Morgan fingerprint density at radius 1 is 0.796 bits per heavy atom. The number of esters is 3. The van der Waals surface area contributed by atoms with Gasteiger partial charge in [-0.25, -0.2) is 9.59 Å². The Labute approximate surface area is 287 Å². The first-order valence-electron chi connectivity index (χ1n) is 16.9. The highest BCUT2D eigenvalue weighted by Crippen LogP contribution is 2.47. The third-order valence-corrected chi connectivity index (χ3v) is 8.42. The van der Waals surface area contributed by atoms with Crippen molar-refractivity contribution in [2.45, 2.75) is 77.6 Å². The Balaban J connectivity index is 1.25. The molecule has 0 fully saturated rings. The van der Waals surface area contributed by atoms with Gasteiger partial charge in [-0.1, -0.05) is 39.1 Å². The summed E-state index contributed by atoms with van der Waals surface area (Å²) in [6.07, 6.45) is 7.80. The second kappa shape index (κ2) is 18.6. The number of carbonyl (C=O) groups excluding carboxylic acids is 3. The smallest absolute Gasteiger partial charge is 0.366 e. The molecule has 0 amide bonds. The minimum absolute atomic E-state index is 0.0967. The predicted octanol–water partition coefficient (Wildman–Crippen LogP) is 9.19. The van der Waals surface area contributed by atoms with E-state index in [2.05, 4.69) is 32.2 Å². The predicted molar refractivity (Wildman–Crippen MR) is 186 cm³/mol. The quantitative estimate of drug-likeness (QED) is 0.0385. The lowest BCUT2D eigenvalue weighted by atomic mass is 9.99. The standard InChI is InChI=1S/C40H45FO8/c1-5-29-24-30(15-20-37(29)47-22-13-9-10-14-38(42)45-6-2)40(44)49-32-17-19-34-33-18-16-31(25-35(33)27(3)36(34)26-32)46-21-11-7-8-12-23-48-39(43)28(4)41/h6,15-20,24-27H,2,4-5,7-14,21-23H2,1,3H3. The average Bonchev–Trinajstić information content (AvgIpc) is 3.37. The third kappa shape index (κ3) is 10.5. The van der Waals surface area contributed by atoms with Crippen LogP contribution in [-0.4, -0.2) is 37.7 Å². The van der Waals surface area contributed by atoms with Crippen molar-refractivity contribution in [3.8, 4) is 28.4 Å². The number of unbranched alkanes of at least 4 members (excludes halogenated alkanes) is 5. The van der Waals surface area contributed by atoms with E-state index in [9.17, 15) is 18.8 Å². The minimum atomic E-state index is -1.08. The molecule has 1 unspecified atom stereocenters. The summed E-state index contributed by atoms with van der Waals surface area (Å²) in [7, 11) is 0. The fourth-order valence-electron chi connectivity index (χ4n) is 5.77. The van der Waals surface area contributed by atoms with Crippen LogP contribution in [0.25, 0.3) is 11.1 Å². The maximum absolute atomic E-state index is 13.2. The van der Waals surface area contributed by atoms with Crippen LogP contribution in [0.5, 0.6) is 17.2 Å². The van der Waals surface area contributed by atoms with E-state index in [0.29, 0.717) is 43.8 Å². The zero-order valence-corrected chi connectivity index (χ0v) is 28.4. The Morgan fingerprint density at radius 3 is 2.10 bits per heavy atom. The number of ether oxygens (including phenoxy) is 5. The molecular formula is C40H45FO8. The van der Waals surface area contributed by atoms with E-state index in [-0.39, 0.29) is 18.5 Å². The fourth-order valence-corrected chi connectivity index (χ4v) is 5.77. The first kappa shape index (κ1) is 36.9. The molecule has 1 aliphatic carbocycles. The van der Waals surface area contributed by atoms with E-state index in [1.807, 2.05) is 43.3 Å². The number of carbonyl (C=O) groups is 3. The summed E-state index contributed by atoms with van der Waals surface area (Å²) in [6.45, 7) is 11.7. The molecule has 1 atom stereocenters. The molecular weight excluding hydrogens is 627 g/mol. The van der Waals surface area contributed by atoms with Crippen LogP contribution in [0, 0.1) is 0 Å². The summed E-state index contributed by atoms with van der Waals surface area (Å²) in [5.41, 5.74) is 5.86. The molecule has 260 valence electrons. The van der Waals surface area contributed by atoms with Gasteiger partial charge in [-0.05, 0) is 122 Å². The van der Waals surface area contributed by atoms with Gasteiger partial charge in [0, 0.05) is 12.3 Å². The van der Waals surface area contributed by atoms with Crippen molar-refractivity contribution in [1.29, 1.82) is 0 Å². The van der Waals surface area contributed by atoms with Crippen molar-refractivity contribution in [2.75, 3.05) is 19.8 Å². The minimum Gasteiger partial charge on any atom is -0.494 e. The molecule has 9 heteroatoms. The number of fused-ring (bicyclic) bond motifs is 3. The Kier molecular flexibility index (Phi) is 14.0. The fraction of sp³-hybridized carbons (Fsp3) is 0.375. The van der Waals surface area contributed by atoms with Crippen molar-refractivity contribution in [1.82, 2.24) is 0 Å². The van der Waals surface area contributed by atoms with Crippen molar-refractivity contribution in [3.63, 3.8) is 0 Å². The van der Waals surface area contributed by atoms with Gasteiger partial charge in [-0.15, -0.1) is 0 Å². The van der Waals surface area contributed by atoms with E-state index in [1.165, 1.54) is 0 Å². The topological polar surface area (TPSA) is 97.4 Å². The number of rotatable bonds is 20. The SMILES string of the molecule is C=COC(=O)CCCCCOc1ccc(C(=O)Oc2ccc3c(c2)C(C)c2cc(OCCCCCCOC(=O)C(=C)F)ccc2-3)cc1CC. The van der Waals surface area contributed by atoms with Gasteiger partial charge < -0.3 is 23.7 Å². The first-order valence-corrected chi connectivity index (χ1v) is 16.9. The van der Waals surface area contributed by atoms with E-state index < -0.39 is 17.8 Å². The molecule has 8 nitrogen and oxygen atoms in total. The normalized spacial score (nSPS) is 12.8. The molecule has 0 radical (unpaired) electrons. The lowest BCUT2D eigenvalue weighted by molar-refractivity contribution is -0.141. The van der Waals surface area contributed by atoms with Crippen LogP contribution in [0.4, 0.5) is 4.39 Å². The number of hydrogen-bond acceptors (Lipinski definition) is 8. The number of halogens is 1. The third-order valence-electron chi connectivity index (χ3n) is 8.42. The van der Waals surface area contributed by atoms with Crippen LogP contribution >= 0.6 is 0 Å². The highest BCUT2D eigenvalue weighted by Gasteiger charge is 2.27. The highest BCUT2D eigenvalue weighted by atomic mass is 19.1. The molecule has 49 heavy (non-hydrogen) atoms. The van der Waals surface area contributed by atoms with Gasteiger partial charge in [0.15, 0.2) is 0 Å². The van der Waals surface area contributed by atoms with Crippen LogP contribution in [-0.2, 0) is 25.5 Å². The maximum Gasteiger partial charge on any atom is 0.366 e. The highest BCUT2D eigenvalue weighted by molar-refractivity contribution is 5.92. The van der Waals surface area contributed by atoms with Gasteiger partial charge in [0.2, 0.25) is 5.83 Å². The van der Waals surface area contributed by atoms with Crippen LogP contribution < -0.4 is 14.2 Å². The molecule has 0 heterocycles. The van der Waals surface area contributed by atoms with E-state index in [4.69, 9.17) is 23.7 Å². The van der Waals surface area contributed by atoms with E-state index >= 15 is 0 Å². The second-order valence-electron chi connectivity index (χ2n) is 11.9. The van der Waals surface area contributed by atoms with Crippen LogP contribution in [0.2, 0.25) is 0 Å². The van der Waals surface area contributed by atoms with Crippen molar-refractivity contribution < 1.29 is 42.5 Å². The summed E-state index contributed by atoms with van der Waals surface area (Å²) >= 11 is 0. The van der Waals surface area contributed by atoms with E-state index in [1.54, 1.807) is 6.07 Å². The molecule has 3 aromatic carbocycles. The largest absolute Gasteiger partial charge is 0.494 e. The molecule has 0 aromatic heterocycles. The Morgan fingerprint density at radius 2 is 1.43 bits per heavy atom. The van der Waals surface area contributed by atoms with Crippen molar-refractivity contribution in [3.05, 3.63) is 102 Å².